The molecule has 0 aromatic carbocycles. The summed E-state index contributed by atoms with van der Waals surface area (Å²) in [5.74, 6) is 0.222. The summed E-state index contributed by atoms with van der Waals surface area (Å²) in [6, 6.07) is 0. The van der Waals surface area contributed by atoms with Crippen LogP contribution in [0.15, 0.2) is 23.6 Å². The third kappa shape index (κ3) is 5.08. The Labute approximate surface area is 172 Å². The molecule has 2 unspecified atom stereocenters. The third-order valence-corrected chi connectivity index (χ3v) is 5.70. The number of nitrogens with zero attached hydrogens (tertiary/aromatic N) is 2. The van der Waals surface area contributed by atoms with Gasteiger partial charge in [-0.15, -0.1) is 6.58 Å². The van der Waals surface area contributed by atoms with Gasteiger partial charge in [-0.2, -0.15) is 4.98 Å². The highest BCUT2D eigenvalue weighted by Gasteiger charge is 2.38. The van der Waals surface area contributed by atoms with Crippen molar-refractivity contribution in [1.29, 1.82) is 0 Å². The van der Waals surface area contributed by atoms with Gasteiger partial charge >= 0.3 is 5.69 Å². The highest BCUT2D eigenvalue weighted by atomic mass is 127. The number of halogens is 1. The Kier molecular flexibility index (Phi) is 7.26. The average molecular weight is 491 g/mol. The Hall–Kier alpha value is -1.01. The third-order valence-electron chi connectivity index (χ3n) is 4.86. The maximum absolute atomic E-state index is 12.2. The van der Waals surface area contributed by atoms with Crippen LogP contribution in [0.1, 0.15) is 32.4 Å². The summed E-state index contributed by atoms with van der Waals surface area (Å²) in [6.45, 7) is 7.27. The lowest BCUT2D eigenvalue weighted by Gasteiger charge is -2.23. The van der Waals surface area contributed by atoms with Crippen LogP contribution >= 0.6 is 22.6 Å². The van der Waals surface area contributed by atoms with Crippen LogP contribution in [0, 0.1) is 3.57 Å². The molecule has 27 heavy (non-hydrogen) atoms. The molecular formula is C18H26IN3O5. The molecule has 2 N–H and O–H groups in total. The number of hydrogen-bond donors (Lipinski definition) is 1. The van der Waals surface area contributed by atoms with Crippen molar-refractivity contribution in [3.05, 3.63) is 32.9 Å². The van der Waals surface area contributed by atoms with Crippen molar-refractivity contribution in [1.82, 2.24) is 9.55 Å². The molecule has 0 aliphatic carbocycles. The van der Waals surface area contributed by atoms with Gasteiger partial charge in [-0.05, 0) is 42.4 Å². The van der Waals surface area contributed by atoms with Crippen LogP contribution in [0.3, 0.4) is 0 Å². The Morgan fingerprint density at radius 2 is 2.41 bits per heavy atom. The summed E-state index contributed by atoms with van der Waals surface area (Å²) in [7, 11) is 0. The van der Waals surface area contributed by atoms with E-state index in [2.05, 4.69) is 11.6 Å². The van der Waals surface area contributed by atoms with Gasteiger partial charge in [-0.1, -0.05) is 6.08 Å². The SMILES string of the molecule is C=CCO[C@@H]1C[C@H](n2cc(I)c(N)nc2=O)O[C@@H]1COC(C)C1CCCO1. The first-order valence-electron chi connectivity index (χ1n) is 9.15. The van der Waals surface area contributed by atoms with Gasteiger partial charge in [0.2, 0.25) is 0 Å². The number of ether oxygens (including phenoxy) is 4. The molecule has 2 aliphatic rings. The second-order valence-corrected chi connectivity index (χ2v) is 7.94. The predicted octanol–water partition coefficient (Wildman–Crippen LogP) is 1.87. The lowest BCUT2D eigenvalue weighted by atomic mass is 10.1. The molecule has 0 radical (unpaired) electrons. The fourth-order valence-electron chi connectivity index (χ4n) is 3.38. The zero-order valence-electron chi connectivity index (χ0n) is 15.4. The fourth-order valence-corrected chi connectivity index (χ4v) is 3.80. The number of aromatic nitrogens is 2. The van der Waals surface area contributed by atoms with E-state index in [0.717, 1.165) is 19.4 Å². The molecule has 5 atom stereocenters. The number of anilines is 1. The summed E-state index contributed by atoms with van der Waals surface area (Å²) in [5, 5.41) is 0. The smallest absolute Gasteiger partial charge is 0.351 e. The topological polar surface area (TPSA) is 97.8 Å². The first-order valence-corrected chi connectivity index (χ1v) is 10.2. The molecule has 3 rings (SSSR count). The molecular weight excluding hydrogens is 465 g/mol. The van der Waals surface area contributed by atoms with E-state index in [1.165, 1.54) is 4.57 Å². The van der Waals surface area contributed by atoms with Gasteiger partial charge in [0.05, 0.1) is 35.1 Å². The normalized spacial score (nSPS) is 29.1. The first kappa shape index (κ1) is 20.7. The lowest BCUT2D eigenvalue weighted by molar-refractivity contribution is -0.108. The molecule has 150 valence electrons. The minimum absolute atomic E-state index is 0.0166. The Morgan fingerprint density at radius 1 is 1.59 bits per heavy atom. The van der Waals surface area contributed by atoms with Crippen molar-refractivity contribution in [2.45, 2.75) is 56.8 Å². The molecule has 2 fully saturated rings. The zero-order chi connectivity index (χ0) is 19.4. The minimum atomic E-state index is -0.472. The predicted molar refractivity (Wildman–Crippen MR) is 108 cm³/mol. The molecule has 9 heteroatoms. The Bertz CT molecular complexity index is 707. The summed E-state index contributed by atoms with van der Waals surface area (Å²) in [5.41, 5.74) is 5.27. The van der Waals surface area contributed by atoms with Crippen LogP contribution in [0.4, 0.5) is 5.82 Å². The molecule has 1 aromatic rings. The van der Waals surface area contributed by atoms with E-state index >= 15 is 0 Å². The molecule has 2 saturated heterocycles. The van der Waals surface area contributed by atoms with Crippen molar-refractivity contribution in [2.24, 2.45) is 0 Å². The summed E-state index contributed by atoms with van der Waals surface area (Å²) in [4.78, 5) is 16.1. The zero-order valence-corrected chi connectivity index (χ0v) is 17.5. The van der Waals surface area contributed by atoms with E-state index in [1.807, 2.05) is 29.5 Å². The van der Waals surface area contributed by atoms with Crippen molar-refractivity contribution in [3.8, 4) is 0 Å². The summed E-state index contributed by atoms with van der Waals surface area (Å²) in [6.07, 6.45) is 5.11. The molecule has 2 aliphatic heterocycles. The molecule has 0 bridgehead atoms. The maximum atomic E-state index is 12.2. The van der Waals surface area contributed by atoms with Gasteiger partial charge in [0.25, 0.3) is 0 Å². The first-order chi connectivity index (χ1) is 13.0. The largest absolute Gasteiger partial charge is 0.383 e. The van der Waals surface area contributed by atoms with Gasteiger partial charge in [0, 0.05) is 19.2 Å². The van der Waals surface area contributed by atoms with Gasteiger partial charge in [0.1, 0.15) is 18.1 Å². The standard InChI is InChI=1S/C18H26IN3O5/c1-3-6-24-14-8-16(22-9-12(19)17(20)21-18(22)23)27-15(14)10-26-11(2)13-5-4-7-25-13/h3,9,11,13-16H,1,4-8,10H2,2H3,(H2,20,21,23)/t11?,13?,14-,15-,16-/m1/s1. The Morgan fingerprint density at radius 3 is 3.11 bits per heavy atom. The maximum Gasteiger partial charge on any atom is 0.351 e. The highest BCUT2D eigenvalue weighted by molar-refractivity contribution is 14.1. The average Bonchev–Trinajstić information content (AvgIpc) is 3.31. The number of rotatable bonds is 8. The van der Waals surface area contributed by atoms with Crippen molar-refractivity contribution in [3.63, 3.8) is 0 Å². The minimum Gasteiger partial charge on any atom is -0.383 e. The monoisotopic (exact) mass is 491 g/mol. The van der Waals surface area contributed by atoms with Gasteiger partial charge in [-0.3, -0.25) is 4.57 Å². The van der Waals surface area contributed by atoms with Crippen LogP contribution in [0.2, 0.25) is 0 Å². The van der Waals surface area contributed by atoms with Crippen LogP contribution < -0.4 is 11.4 Å². The molecule has 0 saturated carbocycles. The van der Waals surface area contributed by atoms with E-state index in [4.69, 9.17) is 24.7 Å². The lowest BCUT2D eigenvalue weighted by Crippen LogP contribution is -2.34. The molecule has 1 aromatic heterocycles. The van der Waals surface area contributed by atoms with E-state index in [0.29, 0.717) is 23.2 Å². The van der Waals surface area contributed by atoms with Crippen LogP contribution in [-0.2, 0) is 18.9 Å². The molecule has 0 amide bonds. The van der Waals surface area contributed by atoms with E-state index in [-0.39, 0.29) is 30.2 Å². The number of nitrogen functional groups attached to an aromatic ring is 1. The van der Waals surface area contributed by atoms with E-state index in [1.54, 1.807) is 12.3 Å². The molecule has 0 spiro atoms. The second-order valence-electron chi connectivity index (χ2n) is 6.78. The van der Waals surface area contributed by atoms with Crippen LogP contribution in [0.25, 0.3) is 0 Å². The summed E-state index contributed by atoms with van der Waals surface area (Å²) < 4.78 is 25.8. The van der Waals surface area contributed by atoms with Crippen LogP contribution in [0.5, 0.6) is 0 Å². The van der Waals surface area contributed by atoms with Gasteiger partial charge < -0.3 is 24.7 Å². The van der Waals surface area contributed by atoms with E-state index < -0.39 is 11.9 Å². The fraction of sp³-hybridized carbons (Fsp3) is 0.667. The Balaban J connectivity index is 1.67. The number of nitrogens with two attached hydrogens (primary N) is 1. The quantitative estimate of drug-likeness (QED) is 0.438. The van der Waals surface area contributed by atoms with Crippen LogP contribution in [-0.4, -0.2) is 53.8 Å². The molecule has 8 nitrogen and oxygen atoms in total. The van der Waals surface area contributed by atoms with Crippen molar-refractivity contribution >= 4 is 28.4 Å². The van der Waals surface area contributed by atoms with Gasteiger partial charge in [-0.25, -0.2) is 4.79 Å². The summed E-state index contributed by atoms with van der Waals surface area (Å²) >= 11 is 2.05. The van der Waals surface area contributed by atoms with Gasteiger partial charge in [0.15, 0.2) is 0 Å². The van der Waals surface area contributed by atoms with E-state index in [9.17, 15) is 4.79 Å². The van der Waals surface area contributed by atoms with Crippen molar-refractivity contribution in [2.75, 3.05) is 25.6 Å². The van der Waals surface area contributed by atoms with Crippen molar-refractivity contribution < 1.29 is 18.9 Å². The second kappa shape index (κ2) is 9.46. The highest BCUT2D eigenvalue weighted by Crippen LogP contribution is 2.31. The number of hydrogen-bond acceptors (Lipinski definition) is 7. The molecule has 3 heterocycles.